The van der Waals surface area contributed by atoms with E-state index >= 15 is 0 Å². The highest BCUT2D eigenvalue weighted by Gasteiger charge is 2.24. The number of rotatable bonds is 2. The number of nitrogens with one attached hydrogen (secondary N) is 2. The zero-order valence-corrected chi connectivity index (χ0v) is 10.7. The van der Waals surface area contributed by atoms with Crippen molar-refractivity contribution in [3.05, 3.63) is 23.2 Å². The molecule has 0 aromatic carbocycles. The van der Waals surface area contributed by atoms with Crippen LogP contribution in [0.15, 0.2) is 10.5 Å². The first-order chi connectivity index (χ1) is 8.08. The highest BCUT2D eigenvalue weighted by atomic mass is 16.3. The van der Waals surface area contributed by atoms with Gasteiger partial charge in [0.1, 0.15) is 5.76 Å². The second kappa shape index (κ2) is 4.92. The van der Waals surface area contributed by atoms with E-state index in [9.17, 15) is 4.79 Å². The number of amides is 1. The molecule has 1 aliphatic rings. The van der Waals surface area contributed by atoms with Gasteiger partial charge in [-0.05, 0) is 38.8 Å². The Bertz CT molecular complexity index is 412. The summed E-state index contributed by atoms with van der Waals surface area (Å²) in [6, 6.07) is 2.08. The molecule has 1 aliphatic heterocycles. The molecule has 0 bridgehead atoms. The number of hydrogen-bond donors (Lipinski definition) is 2. The number of aryl methyl sites for hydroxylation is 2. The summed E-state index contributed by atoms with van der Waals surface area (Å²) in [5.74, 6) is 1.63. The lowest BCUT2D eigenvalue weighted by atomic mass is 9.95. The van der Waals surface area contributed by atoms with Gasteiger partial charge in [0.15, 0.2) is 5.76 Å². The molecule has 2 heterocycles. The summed E-state index contributed by atoms with van der Waals surface area (Å²) in [4.78, 5) is 12.1. The molecule has 4 nitrogen and oxygen atoms in total. The molecule has 2 atom stereocenters. The Kier molecular flexibility index (Phi) is 3.52. The molecule has 94 valence electrons. The summed E-state index contributed by atoms with van der Waals surface area (Å²) >= 11 is 0. The third-order valence-corrected chi connectivity index (χ3v) is 3.39. The van der Waals surface area contributed by atoms with Gasteiger partial charge >= 0.3 is 0 Å². The van der Waals surface area contributed by atoms with Gasteiger partial charge < -0.3 is 15.1 Å². The van der Waals surface area contributed by atoms with Gasteiger partial charge in [-0.2, -0.15) is 0 Å². The van der Waals surface area contributed by atoms with Crippen LogP contribution in [-0.2, 0) is 0 Å². The van der Waals surface area contributed by atoms with Gasteiger partial charge in [-0.3, -0.25) is 4.79 Å². The number of furan rings is 1. The van der Waals surface area contributed by atoms with Gasteiger partial charge in [0.05, 0.1) is 0 Å². The van der Waals surface area contributed by atoms with Crippen LogP contribution in [0.25, 0.3) is 0 Å². The maximum atomic E-state index is 12.1. The lowest BCUT2D eigenvalue weighted by Crippen LogP contribution is -2.50. The molecule has 0 spiro atoms. The van der Waals surface area contributed by atoms with Crippen molar-refractivity contribution in [1.82, 2.24) is 10.6 Å². The average molecular weight is 236 g/mol. The minimum absolute atomic E-state index is 0.101. The van der Waals surface area contributed by atoms with Crippen molar-refractivity contribution in [3.8, 4) is 0 Å². The fourth-order valence-corrected chi connectivity index (χ4v) is 2.28. The Morgan fingerprint density at radius 3 is 2.88 bits per heavy atom. The van der Waals surface area contributed by atoms with Crippen molar-refractivity contribution in [1.29, 1.82) is 0 Å². The minimum Gasteiger partial charge on any atom is -0.456 e. The number of hydrogen-bond acceptors (Lipinski definition) is 3. The van der Waals surface area contributed by atoms with E-state index in [1.165, 1.54) is 0 Å². The minimum atomic E-state index is -0.101. The predicted molar refractivity (Wildman–Crippen MR) is 66.1 cm³/mol. The zero-order chi connectivity index (χ0) is 12.4. The topological polar surface area (TPSA) is 54.3 Å². The average Bonchev–Trinajstić information content (AvgIpc) is 2.61. The summed E-state index contributed by atoms with van der Waals surface area (Å²) in [6.07, 6.45) is 1.10. The molecule has 1 saturated heterocycles. The molecule has 0 aliphatic carbocycles. The summed E-state index contributed by atoms with van der Waals surface area (Å²) in [7, 11) is 0. The Balaban J connectivity index is 2.03. The first-order valence-electron chi connectivity index (χ1n) is 6.16. The van der Waals surface area contributed by atoms with Crippen molar-refractivity contribution >= 4 is 5.91 Å². The van der Waals surface area contributed by atoms with E-state index in [-0.39, 0.29) is 11.9 Å². The number of carbonyl (C=O) groups is 1. The van der Waals surface area contributed by atoms with E-state index in [0.29, 0.717) is 11.7 Å². The molecule has 4 heteroatoms. The molecule has 1 aromatic rings. The molecule has 17 heavy (non-hydrogen) atoms. The van der Waals surface area contributed by atoms with E-state index in [0.717, 1.165) is 30.8 Å². The SMILES string of the molecule is Cc1cc(C)c(C(=O)NC2CNCCC2C)o1. The van der Waals surface area contributed by atoms with Crippen molar-refractivity contribution in [2.45, 2.75) is 33.2 Å². The molecule has 1 amide bonds. The molecular formula is C13H20N2O2. The van der Waals surface area contributed by atoms with Crippen LogP contribution >= 0.6 is 0 Å². The molecule has 1 fully saturated rings. The molecule has 2 rings (SSSR count). The highest BCUT2D eigenvalue weighted by Crippen LogP contribution is 2.16. The van der Waals surface area contributed by atoms with Crippen LogP contribution < -0.4 is 10.6 Å². The normalized spacial score (nSPS) is 24.6. The summed E-state index contributed by atoms with van der Waals surface area (Å²) in [5, 5.41) is 6.34. The van der Waals surface area contributed by atoms with E-state index in [4.69, 9.17) is 4.42 Å². The van der Waals surface area contributed by atoms with E-state index in [1.54, 1.807) is 0 Å². The Morgan fingerprint density at radius 1 is 1.53 bits per heavy atom. The van der Waals surface area contributed by atoms with Crippen LogP contribution in [0.1, 0.15) is 35.2 Å². The molecular weight excluding hydrogens is 216 g/mol. The van der Waals surface area contributed by atoms with Crippen LogP contribution in [0.3, 0.4) is 0 Å². The monoisotopic (exact) mass is 236 g/mol. The maximum Gasteiger partial charge on any atom is 0.287 e. The first kappa shape index (κ1) is 12.2. The van der Waals surface area contributed by atoms with Crippen LogP contribution in [-0.4, -0.2) is 25.0 Å². The lowest BCUT2D eigenvalue weighted by Gasteiger charge is -2.29. The lowest BCUT2D eigenvalue weighted by molar-refractivity contribution is 0.0885. The number of carbonyl (C=O) groups excluding carboxylic acids is 1. The summed E-state index contributed by atoms with van der Waals surface area (Å²) < 4.78 is 5.42. The van der Waals surface area contributed by atoms with Crippen molar-refractivity contribution < 1.29 is 9.21 Å². The fourth-order valence-electron chi connectivity index (χ4n) is 2.28. The Morgan fingerprint density at radius 2 is 2.29 bits per heavy atom. The van der Waals surface area contributed by atoms with E-state index < -0.39 is 0 Å². The third-order valence-electron chi connectivity index (χ3n) is 3.39. The van der Waals surface area contributed by atoms with Crippen LogP contribution in [0.5, 0.6) is 0 Å². The standard InChI is InChI=1S/C13H20N2O2/c1-8-4-5-14-7-11(8)15-13(16)12-9(2)6-10(3)17-12/h6,8,11,14H,4-5,7H2,1-3H3,(H,15,16). The predicted octanol–water partition coefficient (Wildman–Crippen LogP) is 1.62. The van der Waals surface area contributed by atoms with Gasteiger partial charge in [0.2, 0.25) is 0 Å². The summed E-state index contributed by atoms with van der Waals surface area (Å²) in [6.45, 7) is 7.80. The largest absolute Gasteiger partial charge is 0.456 e. The molecule has 2 unspecified atom stereocenters. The van der Waals surface area contributed by atoms with Crippen LogP contribution in [0, 0.1) is 19.8 Å². The second-order valence-electron chi connectivity index (χ2n) is 4.92. The molecule has 0 radical (unpaired) electrons. The fraction of sp³-hybridized carbons (Fsp3) is 0.615. The van der Waals surface area contributed by atoms with Crippen molar-refractivity contribution in [3.63, 3.8) is 0 Å². The van der Waals surface area contributed by atoms with Crippen LogP contribution in [0.4, 0.5) is 0 Å². The van der Waals surface area contributed by atoms with Gasteiger partial charge in [0.25, 0.3) is 5.91 Å². The molecule has 0 saturated carbocycles. The van der Waals surface area contributed by atoms with Crippen LogP contribution in [0.2, 0.25) is 0 Å². The molecule has 1 aromatic heterocycles. The smallest absolute Gasteiger partial charge is 0.287 e. The first-order valence-corrected chi connectivity index (χ1v) is 6.16. The summed E-state index contributed by atoms with van der Waals surface area (Å²) in [5.41, 5.74) is 0.899. The van der Waals surface area contributed by atoms with E-state index in [2.05, 4.69) is 17.6 Å². The Hall–Kier alpha value is -1.29. The van der Waals surface area contributed by atoms with E-state index in [1.807, 2.05) is 19.9 Å². The van der Waals surface area contributed by atoms with Crippen molar-refractivity contribution in [2.75, 3.05) is 13.1 Å². The number of piperidine rings is 1. The Labute approximate surface area is 102 Å². The van der Waals surface area contributed by atoms with Gasteiger partial charge in [-0.1, -0.05) is 6.92 Å². The quantitative estimate of drug-likeness (QED) is 0.820. The van der Waals surface area contributed by atoms with Gasteiger partial charge in [-0.25, -0.2) is 0 Å². The second-order valence-corrected chi connectivity index (χ2v) is 4.92. The van der Waals surface area contributed by atoms with Gasteiger partial charge in [-0.15, -0.1) is 0 Å². The maximum absolute atomic E-state index is 12.1. The van der Waals surface area contributed by atoms with Gasteiger partial charge in [0, 0.05) is 18.2 Å². The third kappa shape index (κ3) is 2.69. The zero-order valence-electron chi connectivity index (χ0n) is 10.7. The van der Waals surface area contributed by atoms with Crippen molar-refractivity contribution in [2.24, 2.45) is 5.92 Å². The molecule has 2 N–H and O–H groups in total. The highest BCUT2D eigenvalue weighted by molar-refractivity contribution is 5.93.